The third-order valence-electron chi connectivity index (χ3n) is 3.21. The first-order valence-corrected chi connectivity index (χ1v) is 6.93. The molecule has 0 fully saturated rings. The predicted octanol–water partition coefficient (Wildman–Crippen LogP) is 2.48. The van der Waals surface area contributed by atoms with E-state index in [4.69, 9.17) is 4.74 Å². The number of para-hydroxylation sites is 1. The number of rotatable bonds is 5. The minimum Gasteiger partial charge on any atom is -0.463 e. The SMILES string of the molecule is CCOC(=O)C1=C(C)NC(=O)N[C@H]1c1ccccc1OC(F)F. The van der Waals surface area contributed by atoms with Crippen molar-refractivity contribution < 1.29 is 27.8 Å². The third-order valence-corrected chi connectivity index (χ3v) is 3.21. The van der Waals surface area contributed by atoms with Gasteiger partial charge in [0, 0.05) is 11.3 Å². The topological polar surface area (TPSA) is 76.7 Å². The highest BCUT2D eigenvalue weighted by molar-refractivity contribution is 5.95. The first-order chi connectivity index (χ1) is 10.9. The van der Waals surface area contributed by atoms with E-state index in [2.05, 4.69) is 15.4 Å². The van der Waals surface area contributed by atoms with Crippen molar-refractivity contribution in [3.63, 3.8) is 0 Å². The van der Waals surface area contributed by atoms with E-state index in [9.17, 15) is 18.4 Å². The van der Waals surface area contributed by atoms with Gasteiger partial charge in [-0.3, -0.25) is 0 Å². The van der Waals surface area contributed by atoms with Crippen molar-refractivity contribution in [2.24, 2.45) is 0 Å². The van der Waals surface area contributed by atoms with E-state index >= 15 is 0 Å². The highest BCUT2D eigenvalue weighted by Gasteiger charge is 2.34. The standard InChI is InChI=1S/C15H16F2N2O4/c1-3-22-13(20)11-8(2)18-15(21)19-12(11)9-6-4-5-7-10(9)23-14(16)17/h4-7,12,14H,3H2,1-2H3,(H2,18,19,21)/t12-/m0/s1. The third kappa shape index (κ3) is 3.77. The summed E-state index contributed by atoms with van der Waals surface area (Å²) in [5.74, 6) is -0.765. The normalized spacial score (nSPS) is 17.6. The van der Waals surface area contributed by atoms with Gasteiger partial charge in [-0.1, -0.05) is 18.2 Å². The molecule has 1 aliphatic heterocycles. The number of carbonyl (C=O) groups excluding carboxylic acids is 2. The summed E-state index contributed by atoms with van der Waals surface area (Å²) in [6.45, 7) is 0.301. The Hall–Kier alpha value is -2.64. The molecule has 124 valence electrons. The van der Waals surface area contributed by atoms with E-state index in [0.29, 0.717) is 5.70 Å². The molecule has 0 saturated carbocycles. The maximum Gasteiger partial charge on any atom is 0.387 e. The van der Waals surface area contributed by atoms with Crippen LogP contribution in [0, 0.1) is 0 Å². The lowest BCUT2D eigenvalue weighted by Crippen LogP contribution is -2.45. The highest BCUT2D eigenvalue weighted by atomic mass is 19.3. The van der Waals surface area contributed by atoms with Gasteiger partial charge in [-0.05, 0) is 19.9 Å². The Morgan fingerprint density at radius 2 is 2.04 bits per heavy atom. The zero-order chi connectivity index (χ0) is 17.0. The Balaban J connectivity index is 2.48. The maximum absolute atomic E-state index is 12.6. The average Bonchev–Trinajstić information content (AvgIpc) is 2.46. The van der Waals surface area contributed by atoms with Gasteiger partial charge in [-0.2, -0.15) is 8.78 Å². The number of benzene rings is 1. The first kappa shape index (κ1) is 16.7. The molecule has 6 nitrogen and oxygen atoms in total. The maximum atomic E-state index is 12.6. The average molecular weight is 326 g/mol. The molecule has 1 heterocycles. The van der Waals surface area contributed by atoms with E-state index in [1.807, 2.05) is 0 Å². The van der Waals surface area contributed by atoms with E-state index in [1.54, 1.807) is 13.0 Å². The van der Waals surface area contributed by atoms with Crippen LogP contribution >= 0.6 is 0 Å². The van der Waals surface area contributed by atoms with Gasteiger partial charge in [0.1, 0.15) is 5.75 Å². The molecule has 0 aromatic heterocycles. The Morgan fingerprint density at radius 1 is 1.35 bits per heavy atom. The summed E-state index contributed by atoms with van der Waals surface area (Å²) in [4.78, 5) is 23.9. The summed E-state index contributed by atoms with van der Waals surface area (Å²) in [6, 6.07) is 4.46. The van der Waals surface area contributed by atoms with Crippen molar-refractivity contribution in [1.29, 1.82) is 0 Å². The fourth-order valence-electron chi connectivity index (χ4n) is 2.33. The molecule has 1 atom stereocenters. The number of esters is 1. The summed E-state index contributed by atoms with van der Waals surface area (Å²) < 4.78 is 34.6. The predicted molar refractivity (Wildman–Crippen MR) is 76.8 cm³/mol. The number of ether oxygens (including phenoxy) is 2. The van der Waals surface area contributed by atoms with Gasteiger partial charge in [-0.25, -0.2) is 9.59 Å². The highest BCUT2D eigenvalue weighted by Crippen LogP contribution is 2.34. The number of halogens is 2. The van der Waals surface area contributed by atoms with Gasteiger partial charge >= 0.3 is 18.6 Å². The molecule has 1 aromatic rings. The van der Waals surface area contributed by atoms with E-state index in [0.717, 1.165) is 0 Å². The van der Waals surface area contributed by atoms with E-state index in [1.165, 1.54) is 25.1 Å². The van der Waals surface area contributed by atoms with E-state index in [-0.39, 0.29) is 23.5 Å². The fraction of sp³-hybridized carbons (Fsp3) is 0.333. The molecule has 2 N–H and O–H groups in total. The number of allylic oxidation sites excluding steroid dienone is 1. The number of hydrogen-bond donors (Lipinski definition) is 2. The lowest BCUT2D eigenvalue weighted by Gasteiger charge is -2.29. The molecule has 1 aromatic carbocycles. The van der Waals surface area contributed by atoms with E-state index < -0.39 is 24.7 Å². The molecule has 2 amide bonds. The summed E-state index contributed by atoms with van der Waals surface area (Å²) in [5, 5.41) is 5.00. The van der Waals surface area contributed by atoms with Gasteiger partial charge in [-0.15, -0.1) is 0 Å². The number of hydrogen-bond acceptors (Lipinski definition) is 4. The molecule has 0 saturated heterocycles. The van der Waals surface area contributed by atoms with Crippen molar-refractivity contribution in [3.8, 4) is 5.75 Å². The van der Waals surface area contributed by atoms with Gasteiger partial charge < -0.3 is 20.1 Å². The largest absolute Gasteiger partial charge is 0.463 e. The minimum absolute atomic E-state index is 0.121. The number of amides is 2. The van der Waals surface area contributed by atoms with Gasteiger partial charge in [0.2, 0.25) is 0 Å². The first-order valence-electron chi connectivity index (χ1n) is 6.93. The Kier molecular flexibility index (Phi) is 5.15. The van der Waals surface area contributed by atoms with Crippen molar-refractivity contribution in [2.45, 2.75) is 26.5 Å². The summed E-state index contributed by atoms with van der Waals surface area (Å²) >= 11 is 0. The Labute approximate surface area is 131 Å². The summed E-state index contributed by atoms with van der Waals surface area (Å²) in [7, 11) is 0. The van der Waals surface area contributed by atoms with Crippen molar-refractivity contribution in [1.82, 2.24) is 10.6 Å². The smallest absolute Gasteiger partial charge is 0.387 e. The lowest BCUT2D eigenvalue weighted by molar-refractivity contribution is -0.139. The van der Waals surface area contributed by atoms with Crippen LogP contribution in [0.2, 0.25) is 0 Å². The number of urea groups is 1. The molecule has 0 unspecified atom stereocenters. The zero-order valence-electron chi connectivity index (χ0n) is 12.6. The van der Waals surface area contributed by atoms with Gasteiger partial charge in [0.15, 0.2) is 0 Å². The van der Waals surface area contributed by atoms with Crippen LogP contribution < -0.4 is 15.4 Å². The fourth-order valence-corrected chi connectivity index (χ4v) is 2.33. The summed E-state index contributed by atoms with van der Waals surface area (Å²) in [6.07, 6.45) is 0. The molecule has 0 spiro atoms. The molecular formula is C15H16F2N2O4. The van der Waals surface area contributed by atoms with Gasteiger partial charge in [0.25, 0.3) is 0 Å². The van der Waals surface area contributed by atoms with Crippen molar-refractivity contribution in [3.05, 3.63) is 41.1 Å². The second-order valence-electron chi connectivity index (χ2n) is 4.71. The molecule has 0 radical (unpaired) electrons. The molecule has 0 aliphatic carbocycles. The second kappa shape index (κ2) is 7.08. The second-order valence-corrected chi connectivity index (χ2v) is 4.71. The Morgan fingerprint density at radius 3 is 2.70 bits per heavy atom. The van der Waals surface area contributed by atoms with Gasteiger partial charge in [0.05, 0.1) is 18.2 Å². The molecule has 8 heteroatoms. The van der Waals surface area contributed by atoms with Crippen LogP contribution in [-0.4, -0.2) is 25.2 Å². The van der Waals surface area contributed by atoms with Crippen LogP contribution in [0.25, 0.3) is 0 Å². The quantitative estimate of drug-likeness (QED) is 0.815. The van der Waals surface area contributed by atoms with Crippen LogP contribution in [0.1, 0.15) is 25.5 Å². The number of carbonyl (C=O) groups is 2. The summed E-state index contributed by atoms with van der Waals surface area (Å²) in [5.41, 5.74) is 0.672. The molecule has 1 aliphatic rings. The van der Waals surface area contributed by atoms with Crippen LogP contribution in [0.4, 0.5) is 13.6 Å². The monoisotopic (exact) mass is 326 g/mol. The van der Waals surface area contributed by atoms with Crippen LogP contribution in [0.5, 0.6) is 5.75 Å². The van der Waals surface area contributed by atoms with Crippen LogP contribution in [-0.2, 0) is 9.53 Å². The molecule has 0 bridgehead atoms. The number of nitrogens with one attached hydrogen (secondary N) is 2. The zero-order valence-corrected chi connectivity index (χ0v) is 12.6. The molecular weight excluding hydrogens is 310 g/mol. The van der Waals surface area contributed by atoms with Crippen LogP contribution in [0.15, 0.2) is 35.5 Å². The van der Waals surface area contributed by atoms with Crippen LogP contribution in [0.3, 0.4) is 0 Å². The lowest BCUT2D eigenvalue weighted by atomic mass is 9.95. The Bertz CT molecular complexity index is 646. The molecule has 2 rings (SSSR count). The molecule has 23 heavy (non-hydrogen) atoms. The number of alkyl halides is 2. The minimum atomic E-state index is -3.02. The van der Waals surface area contributed by atoms with Crippen molar-refractivity contribution in [2.75, 3.05) is 6.61 Å². The van der Waals surface area contributed by atoms with Crippen molar-refractivity contribution >= 4 is 12.0 Å².